The topological polar surface area (TPSA) is 86.8 Å². The summed E-state index contributed by atoms with van der Waals surface area (Å²) in [6.45, 7) is 4.41. The van der Waals surface area contributed by atoms with Crippen molar-refractivity contribution in [3.8, 4) is 0 Å². The van der Waals surface area contributed by atoms with Crippen LogP contribution in [0.4, 0.5) is 11.4 Å². The molecule has 2 aromatic carbocycles. The molecule has 4 rings (SSSR count). The SMILES string of the molecule is CCc1cccc(NC(=O)CN2C(=O)CCc3cc(S(=O)(=O)N4CCCC[C@@H]4C)ccc32)c1. The van der Waals surface area contributed by atoms with Gasteiger partial charge in [-0.3, -0.25) is 9.59 Å². The quantitative estimate of drug-likeness (QED) is 0.698. The summed E-state index contributed by atoms with van der Waals surface area (Å²) < 4.78 is 28.1. The Balaban J connectivity index is 1.54. The Morgan fingerprint density at radius 2 is 1.94 bits per heavy atom. The Morgan fingerprint density at radius 3 is 2.70 bits per heavy atom. The highest BCUT2D eigenvalue weighted by molar-refractivity contribution is 7.89. The molecule has 0 spiro atoms. The van der Waals surface area contributed by atoms with Gasteiger partial charge in [0.2, 0.25) is 21.8 Å². The summed E-state index contributed by atoms with van der Waals surface area (Å²) in [6, 6.07) is 12.5. The molecule has 2 heterocycles. The predicted molar refractivity (Wildman–Crippen MR) is 129 cm³/mol. The Labute approximate surface area is 195 Å². The highest BCUT2D eigenvalue weighted by atomic mass is 32.2. The molecular formula is C25H31N3O4S. The van der Waals surface area contributed by atoms with Gasteiger partial charge in [0.15, 0.2) is 0 Å². The van der Waals surface area contributed by atoms with E-state index in [0.29, 0.717) is 24.3 Å². The van der Waals surface area contributed by atoms with Crippen molar-refractivity contribution >= 4 is 33.2 Å². The number of nitrogens with zero attached hydrogens (tertiary/aromatic N) is 2. The Bertz CT molecular complexity index is 1160. The van der Waals surface area contributed by atoms with Gasteiger partial charge in [0.05, 0.1) is 4.90 Å². The molecule has 0 saturated carbocycles. The zero-order valence-corrected chi connectivity index (χ0v) is 20.0. The number of carbonyl (C=O) groups excluding carboxylic acids is 2. The van der Waals surface area contributed by atoms with Gasteiger partial charge >= 0.3 is 0 Å². The number of rotatable bonds is 6. The van der Waals surface area contributed by atoms with Crippen molar-refractivity contribution in [1.82, 2.24) is 4.31 Å². The molecule has 1 fully saturated rings. The first-order valence-corrected chi connectivity index (χ1v) is 13.1. The summed E-state index contributed by atoms with van der Waals surface area (Å²) in [5.74, 6) is -0.427. The predicted octanol–water partition coefficient (Wildman–Crippen LogP) is 3.73. The molecule has 2 aromatic rings. The highest BCUT2D eigenvalue weighted by Gasteiger charge is 2.33. The maximum Gasteiger partial charge on any atom is 0.244 e. The van der Waals surface area contributed by atoms with Gasteiger partial charge in [0.1, 0.15) is 6.54 Å². The summed E-state index contributed by atoms with van der Waals surface area (Å²) >= 11 is 0. The number of piperidine rings is 1. The van der Waals surface area contributed by atoms with Crippen molar-refractivity contribution in [3.05, 3.63) is 53.6 Å². The minimum atomic E-state index is -3.60. The third-order valence-electron chi connectivity index (χ3n) is 6.52. The zero-order chi connectivity index (χ0) is 23.6. The van der Waals surface area contributed by atoms with Crippen LogP contribution in [-0.4, -0.2) is 43.7 Å². The molecule has 8 heteroatoms. The Morgan fingerprint density at radius 1 is 1.12 bits per heavy atom. The van der Waals surface area contributed by atoms with Gasteiger partial charge in [-0.2, -0.15) is 4.31 Å². The number of amides is 2. The van der Waals surface area contributed by atoms with Gasteiger partial charge in [-0.05, 0) is 74.1 Å². The fourth-order valence-corrected chi connectivity index (χ4v) is 6.40. The van der Waals surface area contributed by atoms with Gasteiger partial charge in [-0.1, -0.05) is 25.5 Å². The zero-order valence-electron chi connectivity index (χ0n) is 19.2. The van der Waals surface area contributed by atoms with E-state index >= 15 is 0 Å². The summed E-state index contributed by atoms with van der Waals surface area (Å²) in [5, 5.41) is 2.86. The number of benzene rings is 2. The molecule has 7 nitrogen and oxygen atoms in total. The van der Waals surface area contributed by atoms with Gasteiger partial charge in [-0.15, -0.1) is 0 Å². The molecule has 2 aliphatic rings. The molecule has 0 bridgehead atoms. The first-order chi connectivity index (χ1) is 15.8. The molecular weight excluding hydrogens is 438 g/mol. The standard InChI is InChI=1S/C25H31N3O4S/c1-3-19-8-6-9-21(15-19)26-24(29)17-27-23-12-11-22(16-20(23)10-13-25(27)30)33(31,32)28-14-5-4-7-18(28)2/h6,8-9,11-12,15-16,18H,3-5,7,10,13-14,17H2,1-2H3,(H,26,29)/t18-/m0/s1. The van der Waals surface area contributed by atoms with E-state index in [-0.39, 0.29) is 35.7 Å². The number of carbonyl (C=O) groups is 2. The van der Waals surface area contributed by atoms with Crippen LogP contribution in [0.25, 0.3) is 0 Å². The molecule has 1 saturated heterocycles. The lowest BCUT2D eigenvalue weighted by molar-refractivity contribution is -0.121. The lowest BCUT2D eigenvalue weighted by atomic mass is 10.0. The molecule has 1 N–H and O–H groups in total. The summed E-state index contributed by atoms with van der Waals surface area (Å²) in [5.41, 5.74) is 3.19. The normalized spacial score (nSPS) is 19.3. The van der Waals surface area contributed by atoms with Crippen molar-refractivity contribution in [3.63, 3.8) is 0 Å². The van der Waals surface area contributed by atoms with Crippen LogP contribution in [-0.2, 0) is 32.5 Å². The van der Waals surface area contributed by atoms with E-state index in [1.165, 1.54) is 4.90 Å². The van der Waals surface area contributed by atoms with E-state index < -0.39 is 10.0 Å². The monoisotopic (exact) mass is 469 g/mol. The third kappa shape index (κ3) is 4.96. The van der Waals surface area contributed by atoms with Crippen molar-refractivity contribution in [2.24, 2.45) is 0 Å². The average molecular weight is 470 g/mol. The Kier molecular flexibility index (Phi) is 6.86. The Hall–Kier alpha value is -2.71. The third-order valence-corrected chi connectivity index (χ3v) is 8.53. The van der Waals surface area contributed by atoms with E-state index in [1.54, 1.807) is 22.5 Å². The van der Waals surface area contributed by atoms with Crippen LogP contribution in [0, 0.1) is 0 Å². The van der Waals surface area contributed by atoms with Crippen molar-refractivity contribution in [2.45, 2.75) is 63.3 Å². The van der Waals surface area contributed by atoms with Crippen LogP contribution in [0.2, 0.25) is 0 Å². The second-order valence-corrected chi connectivity index (χ2v) is 10.7. The summed E-state index contributed by atoms with van der Waals surface area (Å²) in [7, 11) is -3.60. The summed E-state index contributed by atoms with van der Waals surface area (Å²) in [6.07, 6.45) is 4.34. The van der Waals surface area contributed by atoms with Gasteiger partial charge in [0, 0.05) is 30.4 Å². The minimum absolute atomic E-state index is 0.0206. The second kappa shape index (κ2) is 9.65. The van der Waals surface area contributed by atoms with Crippen LogP contribution in [0.1, 0.15) is 50.7 Å². The van der Waals surface area contributed by atoms with Crippen molar-refractivity contribution in [1.29, 1.82) is 0 Å². The van der Waals surface area contributed by atoms with Gasteiger partial charge in [-0.25, -0.2) is 8.42 Å². The van der Waals surface area contributed by atoms with E-state index in [9.17, 15) is 18.0 Å². The first kappa shape index (κ1) is 23.4. The van der Waals surface area contributed by atoms with Crippen molar-refractivity contribution in [2.75, 3.05) is 23.3 Å². The second-order valence-electron chi connectivity index (χ2n) is 8.83. The molecule has 0 aromatic heterocycles. The maximum absolute atomic E-state index is 13.2. The van der Waals surface area contributed by atoms with E-state index in [0.717, 1.165) is 36.8 Å². The first-order valence-electron chi connectivity index (χ1n) is 11.6. The number of anilines is 2. The van der Waals surface area contributed by atoms with Gasteiger partial charge in [0.25, 0.3) is 0 Å². The van der Waals surface area contributed by atoms with Gasteiger partial charge < -0.3 is 10.2 Å². The van der Waals surface area contributed by atoms with Crippen LogP contribution in [0.15, 0.2) is 47.4 Å². The molecule has 33 heavy (non-hydrogen) atoms. The largest absolute Gasteiger partial charge is 0.325 e. The van der Waals surface area contributed by atoms with E-state index in [1.807, 2.05) is 38.1 Å². The highest BCUT2D eigenvalue weighted by Crippen LogP contribution is 2.32. The number of hydrogen-bond donors (Lipinski definition) is 1. The lowest BCUT2D eigenvalue weighted by Crippen LogP contribution is -2.42. The molecule has 0 unspecified atom stereocenters. The van der Waals surface area contributed by atoms with E-state index in [2.05, 4.69) is 5.32 Å². The van der Waals surface area contributed by atoms with E-state index in [4.69, 9.17) is 0 Å². The molecule has 0 radical (unpaired) electrons. The van der Waals surface area contributed by atoms with Crippen LogP contribution < -0.4 is 10.2 Å². The fraction of sp³-hybridized carbons (Fsp3) is 0.440. The summed E-state index contributed by atoms with van der Waals surface area (Å²) in [4.78, 5) is 27.0. The lowest BCUT2D eigenvalue weighted by Gasteiger charge is -2.33. The number of sulfonamides is 1. The van der Waals surface area contributed by atoms with Crippen LogP contribution in [0.3, 0.4) is 0 Å². The molecule has 176 valence electrons. The molecule has 2 aliphatic heterocycles. The average Bonchev–Trinajstić information content (AvgIpc) is 2.81. The molecule has 0 aliphatic carbocycles. The smallest absolute Gasteiger partial charge is 0.244 e. The van der Waals surface area contributed by atoms with Crippen molar-refractivity contribution < 1.29 is 18.0 Å². The fourth-order valence-electron chi connectivity index (χ4n) is 4.65. The number of hydrogen-bond acceptors (Lipinski definition) is 4. The minimum Gasteiger partial charge on any atom is -0.325 e. The van der Waals surface area contributed by atoms with Crippen LogP contribution >= 0.6 is 0 Å². The number of nitrogens with one attached hydrogen (secondary N) is 1. The molecule has 1 atom stereocenters. The van der Waals surface area contributed by atoms with Crippen LogP contribution in [0.5, 0.6) is 0 Å². The maximum atomic E-state index is 13.2. The number of fused-ring (bicyclic) bond motifs is 1. The molecule has 2 amide bonds. The number of aryl methyl sites for hydroxylation is 2.